The highest BCUT2D eigenvalue weighted by Crippen LogP contribution is 2.50. The SMILES string of the molecule is NOCC1(c2c(F)ccc(Cl)c2F)CC1. The summed E-state index contributed by atoms with van der Waals surface area (Å²) in [6, 6.07) is 2.37. The van der Waals surface area contributed by atoms with Crippen LogP contribution < -0.4 is 5.90 Å². The van der Waals surface area contributed by atoms with Crippen molar-refractivity contribution in [1.82, 2.24) is 0 Å². The van der Waals surface area contributed by atoms with E-state index in [0.29, 0.717) is 12.8 Å². The molecule has 1 aliphatic rings. The summed E-state index contributed by atoms with van der Waals surface area (Å²) in [7, 11) is 0. The molecule has 0 aromatic heterocycles. The second-order valence-electron chi connectivity index (χ2n) is 3.81. The maximum absolute atomic E-state index is 13.7. The molecule has 1 fully saturated rings. The van der Waals surface area contributed by atoms with Gasteiger partial charge in [0.2, 0.25) is 0 Å². The summed E-state index contributed by atoms with van der Waals surface area (Å²) in [4.78, 5) is 4.50. The summed E-state index contributed by atoms with van der Waals surface area (Å²) in [5.41, 5.74) is -0.617. The van der Waals surface area contributed by atoms with Crippen molar-refractivity contribution in [3.8, 4) is 0 Å². The quantitative estimate of drug-likeness (QED) is 0.643. The van der Waals surface area contributed by atoms with Crippen LogP contribution in [0.1, 0.15) is 18.4 Å². The van der Waals surface area contributed by atoms with E-state index in [4.69, 9.17) is 17.5 Å². The lowest BCUT2D eigenvalue weighted by Crippen LogP contribution is -2.21. The van der Waals surface area contributed by atoms with Gasteiger partial charge < -0.3 is 4.84 Å². The van der Waals surface area contributed by atoms with Crippen LogP contribution in [-0.2, 0) is 10.3 Å². The van der Waals surface area contributed by atoms with E-state index >= 15 is 0 Å². The molecule has 0 radical (unpaired) electrons. The third-order valence-corrected chi connectivity index (χ3v) is 3.08. The fourth-order valence-electron chi connectivity index (χ4n) is 1.79. The van der Waals surface area contributed by atoms with Crippen molar-refractivity contribution in [2.45, 2.75) is 18.3 Å². The largest absolute Gasteiger partial charge is 0.304 e. The van der Waals surface area contributed by atoms with Crippen LogP contribution >= 0.6 is 11.6 Å². The van der Waals surface area contributed by atoms with Gasteiger partial charge in [0.05, 0.1) is 11.6 Å². The van der Waals surface area contributed by atoms with Crippen molar-refractivity contribution >= 4 is 11.6 Å². The zero-order chi connectivity index (χ0) is 11.1. The van der Waals surface area contributed by atoms with E-state index in [-0.39, 0.29) is 17.2 Å². The van der Waals surface area contributed by atoms with Gasteiger partial charge >= 0.3 is 0 Å². The highest BCUT2D eigenvalue weighted by atomic mass is 35.5. The van der Waals surface area contributed by atoms with Gasteiger partial charge in [0.1, 0.15) is 11.6 Å². The van der Waals surface area contributed by atoms with Crippen LogP contribution in [0.15, 0.2) is 12.1 Å². The molecule has 0 spiro atoms. The molecule has 0 amide bonds. The van der Waals surface area contributed by atoms with Gasteiger partial charge in [0.25, 0.3) is 0 Å². The highest BCUT2D eigenvalue weighted by Gasteiger charge is 2.48. The van der Waals surface area contributed by atoms with Crippen molar-refractivity contribution in [1.29, 1.82) is 0 Å². The van der Waals surface area contributed by atoms with Gasteiger partial charge in [-0.05, 0) is 25.0 Å². The third kappa shape index (κ3) is 1.73. The molecule has 0 saturated heterocycles. The second kappa shape index (κ2) is 3.70. The zero-order valence-electron chi connectivity index (χ0n) is 7.90. The summed E-state index contributed by atoms with van der Waals surface area (Å²) in [5.74, 6) is 3.66. The van der Waals surface area contributed by atoms with Crippen LogP contribution in [0.5, 0.6) is 0 Å². The van der Waals surface area contributed by atoms with Gasteiger partial charge in [0.15, 0.2) is 0 Å². The normalized spacial score (nSPS) is 17.9. The molecule has 1 saturated carbocycles. The molecule has 0 bridgehead atoms. The zero-order valence-corrected chi connectivity index (χ0v) is 8.65. The standard InChI is InChI=1S/C10H10ClF2NO/c11-6-1-2-7(12)8(9(6)13)10(3-4-10)5-15-14/h1-2H,3-5,14H2. The number of halogens is 3. The lowest BCUT2D eigenvalue weighted by Gasteiger charge is -2.16. The topological polar surface area (TPSA) is 35.2 Å². The fourth-order valence-corrected chi connectivity index (χ4v) is 1.95. The summed E-state index contributed by atoms with van der Waals surface area (Å²) >= 11 is 5.61. The Morgan fingerprint density at radius 1 is 1.40 bits per heavy atom. The lowest BCUT2D eigenvalue weighted by molar-refractivity contribution is 0.114. The minimum atomic E-state index is -0.703. The molecule has 5 heteroatoms. The van der Waals surface area contributed by atoms with E-state index in [9.17, 15) is 8.78 Å². The average molecular weight is 234 g/mol. The predicted octanol–water partition coefficient (Wildman–Crippen LogP) is 2.54. The molecule has 1 aliphatic carbocycles. The summed E-state index contributed by atoms with van der Waals surface area (Å²) < 4.78 is 27.1. The Hall–Kier alpha value is -0.710. The molecule has 1 aromatic carbocycles. The maximum atomic E-state index is 13.7. The van der Waals surface area contributed by atoms with Crippen molar-refractivity contribution in [3.05, 3.63) is 34.4 Å². The Balaban J connectivity index is 2.47. The van der Waals surface area contributed by atoms with Gasteiger partial charge in [-0.2, -0.15) is 0 Å². The molecule has 82 valence electrons. The molecule has 1 aromatic rings. The van der Waals surface area contributed by atoms with E-state index < -0.39 is 17.0 Å². The number of nitrogens with two attached hydrogens (primary N) is 1. The minimum absolute atomic E-state index is 0.000417. The first-order valence-electron chi connectivity index (χ1n) is 4.56. The smallest absolute Gasteiger partial charge is 0.148 e. The van der Waals surface area contributed by atoms with Crippen LogP contribution in [0.2, 0.25) is 5.02 Å². The van der Waals surface area contributed by atoms with Gasteiger partial charge in [-0.3, -0.25) is 0 Å². The van der Waals surface area contributed by atoms with Crippen LogP contribution in [0, 0.1) is 11.6 Å². The second-order valence-corrected chi connectivity index (χ2v) is 4.22. The molecule has 2 nitrogen and oxygen atoms in total. The van der Waals surface area contributed by atoms with Gasteiger partial charge in [-0.1, -0.05) is 11.6 Å². The summed E-state index contributed by atoms with van der Waals surface area (Å²) in [5, 5.41) is -0.0744. The maximum Gasteiger partial charge on any atom is 0.148 e. The number of hydrogen-bond donors (Lipinski definition) is 1. The van der Waals surface area contributed by atoms with Gasteiger partial charge in [-0.25, -0.2) is 14.7 Å². The van der Waals surface area contributed by atoms with E-state index in [1.807, 2.05) is 0 Å². The van der Waals surface area contributed by atoms with Crippen molar-refractivity contribution in [2.75, 3.05) is 6.61 Å². The fraction of sp³-hybridized carbons (Fsp3) is 0.400. The monoisotopic (exact) mass is 233 g/mol. The molecule has 0 aliphatic heterocycles. The molecular formula is C10H10ClF2NO. The first-order valence-corrected chi connectivity index (χ1v) is 4.94. The minimum Gasteiger partial charge on any atom is -0.304 e. The van der Waals surface area contributed by atoms with E-state index in [2.05, 4.69) is 4.84 Å². The van der Waals surface area contributed by atoms with Crippen LogP contribution in [0.3, 0.4) is 0 Å². The van der Waals surface area contributed by atoms with E-state index in [1.165, 1.54) is 6.07 Å². The van der Waals surface area contributed by atoms with Gasteiger partial charge in [-0.15, -0.1) is 0 Å². The molecule has 0 unspecified atom stereocenters. The molecule has 2 rings (SSSR count). The predicted molar refractivity (Wildman–Crippen MR) is 52.4 cm³/mol. The van der Waals surface area contributed by atoms with Crippen molar-refractivity contribution in [2.24, 2.45) is 5.90 Å². The number of benzene rings is 1. The molecule has 15 heavy (non-hydrogen) atoms. The summed E-state index contributed by atoms with van der Waals surface area (Å²) in [6.45, 7) is 0.112. The third-order valence-electron chi connectivity index (χ3n) is 2.79. The molecular weight excluding hydrogens is 224 g/mol. The van der Waals surface area contributed by atoms with E-state index in [1.54, 1.807) is 0 Å². The number of rotatable bonds is 3. The Kier molecular flexibility index (Phi) is 2.66. The Morgan fingerprint density at radius 3 is 2.60 bits per heavy atom. The first-order chi connectivity index (χ1) is 7.10. The van der Waals surface area contributed by atoms with Crippen LogP contribution in [-0.4, -0.2) is 6.61 Å². The highest BCUT2D eigenvalue weighted by molar-refractivity contribution is 6.30. The molecule has 0 heterocycles. The van der Waals surface area contributed by atoms with Gasteiger partial charge in [0, 0.05) is 11.0 Å². The number of hydrogen-bond acceptors (Lipinski definition) is 2. The Labute approximate surface area is 90.9 Å². The molecule has 0 atom stereocenters. The van der Waals surface area contributed by atoms with Crippen LogP contribution in [0.25, 0.3) is 0 Å². The lowest BCUT2D eigenvalue weighted by atomic mass is 9.96. The van der Waals surface area contributed by atoms with Crippen molar-refractivity contribution < 1.29 is 13.6 Å². The van der Waals surface area contributed by atoms with Crippen LogP contribution in [0.4, 0.5) is 8.78 Å². The Bertz CT molecular complexity index is 393. The average Bonchev–Trinajstić information content (AvgIpc) is 2.94. The molecule has 2 N–H and O–H groups in total. The van der Waals surface area contributed by atoms with Crippen molar-refractivity contribution in [3.63, 3.8) is 0 Å². The van der Waals surface area contributed by atoms with E-state index in [0.717, 1.165) is 6.07 Å². The first kappa shape index (κ1) is 10.8. The summed E-state index contributed by atoms with van der Waals surface area (Å²) in [6.07, 6.45) is 1.33. The Morgan fingerprint density at radius 2 is 2.07 bits per heavy atom.